The molecular formula is C8H7ClN2O. The van der Waals surface area contributed by atoms with Crippen LogP contribution in [0.3, 0.4) is 0 Å². The van der Waals surface area contributed by atoms with Crippen LogP contribution in [-0.2, 0) is 6.42 Å². The molecule has 0 atom stereocenters. The van der Waals surface area contributed by atoms with E-state index >= 15 is 0 Å². The minimum atomic E-state index is 0.247. The summed E-state index contributed by atoms with van der Waals surface area (Å²) in [6.45, 7) is 0. The Morgan fingerprint density at radius 2 is 2.42 bits per heavy atom. The normalized spacial score (nSPS) is 9.08. The van der Waals surface area contributed by atoms with Gasteiger partial charge < -0.3 is 4.74 Å². The van der Waals surface area contributed by atoms with Crippen LogP contribution in [0.2, 0.25) is 5.02 Å². The molecule has 0 saturated carbocycles. The highest BCUT2D eigenvalue weighted by Gasteiger charge is 2.00. The van der Waals surface area contributed by atoms with E-state index in [1.165, 1.54) is 7.11 Å². The Hall–Kier alpha value is -1.27. The van der Waals surface area contributed by atoms with Gasteiger partial charge in [0.05, 0.1) is 25.3 Å². The minimum Gasteiger partial charge on any atom is -0.481 e. The van der Waals surface area contributed by atoms with Gasteiger partial charge in [0.1, 0.15) is 0 Å². The first-order valence-electron chi connectivity index (χ1n) is 3.33. The SMILES string of the molecule is COc1cc(Cl)cc(CC#N)n1. The molecule has 0 amide bonds. The van der Waals surface area contributed by atoms with Crippen molar-refractivity contribution in [2.24, 2.45) is 0 Å². The van der Waals surface area contributed by atoms with Crippen molar-refractivity contribution in [2.45, 2.75) is 6.42 Å². The average molecular weight is 183 g/mol. The number of hydrogen-bond acceptors (Lipinski definition) is 3. The molecule has 0 aliphatic rings. The van der Waals surface area contributed by atoms with Crippen LogP contribution in [-0.4, -0.2) is 12.1 Å². The van der Waals surface area contributed by atoms with Crippen molar-refractivity contribution in [3.05, 3.63) is 22.8 Å². The van der Waals surface area contributed by atoms with Gasteiger partial charge in [0.2, 0.25) is 5.88 Å². The van der Waals surface area contributed by atoms with Crippen LogP contribution in [0.15, 0.2) is 12.1 Å². The van der Waals surface area contributed by atoms with Gasteiger partial charge >= 0.3 is 0 Å². The first-order valence-corrected chi connectivity index (χ1v) is 3.71. The first-order chi connectivity index (χ1) is 5.76. The van der Waals surface area contributed by atoms with E-state index in [0.717, 1.165) is 0 Å². The minimum absolute atomic E-state index is 0.247. The van der Waals surface area contributed by atoms with Gasteiger partial charge in [-0.1, -0.05) is 11.6 Å². The van der Waals surface area contributed by atoms with E-state index in [1.807, 2.05) is 6.07 Å². The fourth-order valence-electron chi connectivity index (χ4n) is 0.801. The zero-order valence-electron chi connectivity index (χ0n) is 6.54. The second-order valence-electron chi connectivity index (χ2n) is 2.15. The van der Waals surface area contributed by atoms with Gasteiger partial charge in [-0.15, -0.1) is 0 Å². The van der Waals surface area contributed by atoms with E-state index in [1.54, 1.807) is 12.1 Å². The fourth-order valence-corrected chi connectivity index (χ4v) is 1.02. The van der Waals surface area contributed by atoms with Crippen molar-refractivity contribution < 1.29 is 4.74 Å². The summed E-state index contributed by atoms with van der Waals surface area (Å²) in [4.78, 5) is 4.01. The van der Waals surface area contributed by atoms with E-state index in [9.17, 15) is 0 Å². The van der Waals surface area contributed by atoms with Gasteiger partial charge in [-0.25, -0.2) is 4.98 Å². The number of rotatable bonds is 2. The highest BCUT2D eigenvalue weighted by atomic mass is 35.5. The largest absolute Gasteiger partial charge is 0.481 e. The molecule has 0 aliphatic carbocycles. The summed E-state index contributed by atoms with van der Waals surface area (Å²) in [6, 6.07) is 5.23. The average Bonchev–Trinajstić information content (AvgIpc) is 2.04. The molecule has 1 rings (SSSR count). The second-order valence-corrected chi connectivity index (χ2v) is 2.59. The molecule has 0 saturated heterocycles. The van der Waals surface area contributed by atoms with Crippen LogP contribution in [0.5, 0.6) is 5.88 Å². The molecule has 0 radical (unpaired) electrons. The molecule has 0 aliphatic heterocycles. The third-order valence-corrected chi connectivity index (χ3v) is 1.51. The highest BCUT2D eigenvalue weighted by Crippen LogP contribution is 2.16. The van der Waals surface area contributed by atoms with E-state index in [2.05, 4.69) is 4.98 Å². The summed E-state index contributed by atoms with van der Waals surface area (Å²) in [7, 11) is 1.51. The van der Waals surface area contributed by atoms with Crippen molar-refractivity contribution in [2.75, 3.05) is 7.11 Å². The Morgan fingerprint density at radius 1 is 1.67 bits per heavy atom. The van der Waals surface area contributed by atoms with E-state index in [0.29, 0.717) is 16.6 Å². The lowest BCUT2D eigenvalue weighted by atomic mass is 10.3. The molecule has 1 aromatic heterocycles. The molecule has 0 fully saturated rings. The maximum Gasteiger partial charge on any atom is 0.214 e. The van der Waals surface area contributed by atoms with E-state index in [4.69, 9.17) is 21.6 Å². The Bertz CT molecular complexity index is 319. The highest BCUT2D eigenvalue weighted by molar-refractivity contribution is 6.30. The van der Waals surface area contributed by atoms with Crippen molar-refractivity contribution >= 4 is 11.6 Å². The third-order valence-electron chi connectivity index (χ3n) is 1.29. The summed E-state index contributed by atoms with van der Waals surface area (Å²) in [6.07, 6.45) is 0.247. The van der Waals surface area contributed by atoms with Crippen molar-refractivity contribution in [3.63, 3.8) is 0 Å². The monoisotopic (exact) mass is 182 g/mol. The Kier molecular flexibility index (Phi) is 2.89. The molecule has 0 unspecified atom stereocenters. The van der Waals surface area contributed by atoms with Crippen molar-refractivity contribution in [3.8, 4) is 11.9 Å². The smallest absolute Gasteiger partial charge is 0.214 e. The molecule has 0 N–H and O–H groups in total. The number of pyridine rings is 1. The number of ether oxygens (including phenoxy) is 1. The predicted molar refractivity (Wildman–Crippen MR) is 45.1 cm³/mol. The lowest BCUT2D eigenvalue weighted by Crippen LogP contribution is -1.92. The standard InChI is InChI=1S/C8H7ClN2O/c1-12-8-5-6(9)4-7(11-8)2-3-10/h4-5H,2H2,1H3. The summed E-state index contributed by atoms with van der Waals surface area (Å²) in [5, 5.41) is 8.93. The van der Waals surface area contributed by atoms with Gasteiger partial charge in [-0.05, 0) is 6.07 Å². The van der Waals surface area contributed by atoms with Gasteiger partial charge in [-0.2, -0.15) is 5.26 Å². The summed E-state index contributed by atoms with van der Waals surface area (Å²) < 4.78 is 4.88. The number of aromatic nitrogens is 1. The van der Waals surface area contributed by atoms with Crippen LogP contribution in [0.4, 0.5) is 0 Å². The Balaban J connectivity index is 2.99. The van der Waals surface area contributed by atoms with E-state index < -0.39 is 0 Å². The number of hydrogen-bond donors (Lipinski definition) is 0. The molecule has 0 bridgehead atoms. The molecular weight excluding hydrogens is 176 g/mol. The van der Waals surface area contributed by atoms with Gasteiger partial charge in [0, 0.05) is 11.1 Å². The number of nitrogens with zero attached hydrogens (tertiary/aromatic N) is 2. The summed E-state index contributed by atoms with van der Waals surface area (Å²) in [5.41, 5.74) is 0.627. The van der Waals surface area contributed by atoms with Crippen LogP contribution in [0.25, 0.3) is 0 Å². The molecule has 0 spiro atoms. The quantitative estimate of drug-likeness (QED) is 0.701. The van der Waals surface area contributed by atoms with Crippen LogP contribution in [0.1, 0.15) is 5.69 Å². The van der Waals surface area contributed by atoms with Gasteiger partial charge in [-0.3, -0.25) is 0 Å². The van der Waals surface area contributed by atoms with Crippen molar-refractivity contribution in [1.29, 1.82) is 5.26 Å². The predicted octanol–water partition coefficient (Wildman–Crippen LogP) is 1.81. The Labute approximate surface area is 75.6 Å². The molecule has 1 aromatic rings. The molecule has 12 heavy (non-hydrogen) atoms. The zero-order chi connectivity index (χ0) is 8.97. The molecule has 1 heterocycles. The summed E-state index contributed by atoms with van der Waals surface area (Å²) in [5.74, 6) is 0.438. The van der Waals surface area contributed by atoms with Crippen LogP contribution in [0, 0.1) is 11.3 Å². The molecule has 3 nitrogen and oxygen atoms in total. The van der Waals surface area contributed by atoms with Crippen LogP contribution >= 0.6 is 11.6 Å². The van der Waals surface area contributed by atoms with Gasteiger partial charge in [0.25, 0.3) is 0 Å². The van der Waals surface area contributed by atoms with Crippen molar-refractivity contribution in [1.82, 2.24) is 4.98 Å². The second kappa shape index (κ2) is 3.93. The maximum absolute atomic E-state index is 8.40. The molecule has 4 heteroatoms. The lowest BCUT2D eigenvalue weighted by Gasteiger charge is -2.00. The third kappa shape index (κ3) is 2.11. The fraction of sp³-hybridized carbons (Fsp3) is 0.250. The molecule has 62 valence electrons. The Morgan fingerprint density at radius 3 is 3.00 bits per heavy atom. The number of nitriles is 1. The topological polar surface area (TPSA) is 45.9 Å². The van der Waals surface area contributed by atoms with Gasteiger partial charge in [0.15, 0.2) is 0 Å². The first kappa shape index (κ1) is 8.82. The lowest BCUT2D eigenvalue weighted by molar-refractivity contribution is 0.396. The summed E-state index contributed by atoms with van der Waals surface area (Å²) >= 11 is 5.74. The molecule has 0 aromatic carbocycles. The van der Waals surface area contributed by atoms with E-state index in [-0.39, 0.29) is 6.42 Å². The zero-order valence-corrected chi connectivity index (χ0v) is 7.30. The maximum atomic E-state index is 8.40. The number of methoxy groups -OCH3 is 1. The number of halogens is 1. The van der Waals surface area contributed by atoms with Crippen LogP contribution < -0.4 is 4.74 Å².